The van der Waals surface area contributed by atoms with Crippen LogP contribution in [-0.2, 0) is 26.2 Å². The van der Waals surface area contributed by atoms with Gasteiger partial charge in [-0.2, -0.15) is 0 Å². The Morgan fingerprint density at radius 2 is 1.70 bits per heavy atom. The zero-order chi connectivity index (χ0) is 25.0. The van der Waals surface area contributed by atoms with Gasteiger partial charge in [-0.15, -0.1) is 0 Å². The molecule has 0 bridgehead atoms. The number of nitrogens with zero attached hydrogens (tertiary/aromatic N) is 2. The molecule has 180 valence electrons. The van der Waals surface area contributed by atoms with Crippen molar-refractivity contribution in [2.75, 3.05) is 17.1 Å². The molecule has 33 heavy (non-hydrogen) atoms. The van der Waals surface area contributed by atoms with Gasteiger partial charge in [0.2, 0.25) is 21.8 Å². The second kappa shape index (κ2) is 10.8. The first-order valence-electron chi connectivity index (χ1n) is 10.3. The van der Waals surface area contributed by atoms with E-state index in [4.69, 9.17) is 23.2 Å². The lowest BCUT2D eigenvalue weighted by Gasteiger charge is -2.33. The van der Waals surface area contributed by atoms with E-state index in [0.29, 0.717) is 15.6 Å². The van der Waals surface area contributed by atoms with E-state index in [0.717, 1.165) is 10.6 Å². The van der Waals surface area contributed by atoms with Gasteiger partial charge >= 0.3 is 0 Å². The summed E-state index contributed by atoms with van der Waals surface area (Å²) in [7, 11) is -3.82. The van der Waals surface area contributed by atoms with Crippen LogP contribution in [0.2, 0.25) is 10.0 Å². The molecule has 2 aromatic carbocycles. The number of hydrogen-bond donors (Lipinski definition) is 1. The number of benzene rings is 2. The number of anilines is 1. The molecule has 2 rings (SSSR count). The van der Waals surface area contributed by atoms with Crippen molar-refractivity contribution in [2.45, 2.75) is 45.8 Å². The third-order valence-electron chi connectivity index (χ3n) is 4.74. The van der Waals surface area contributed by atoms with Crippen LogP contribution in [0.25, 0.3) is 0 Å². The first-order chi connectivity index (χ1) is 15.2. The molecule has 0 radical (unpaired) electrons. The maximum absolute atomic E-state index is 13.4. The second-order valence-corrected chi connectivity index (χ2v) is 11.5. The minimum absolute atomic E-state index is 0.0321. The highest BCUT2D eigenvalue weighted by Gasteiger charge is 2.31. The standard InChI is InChI=1S/C23H29Cl2N3O4S/c1-16(22(30)26-23(2,3)4)27(14-17-9-6-7-12-20(17)25)21(29)15-28(33(5,31)32)19-11-8-10-18(24)13-19/h6-13,16H,14-15H2,1-5H3,(H,26,30)/t16-/m1/s1. The number of carbonyl (C=O) groups is 2. The first-order valence-corrected chi connectivity index (χ1v) is 12.9. The number of rotatable bonds is 8. The van der Waals surface area contributed by atoms with Crippen molar-refractivity contribution in [3.63, 3.8) is 0 Å². The topological polar surface area (TPSA) is 86.8 Å². The molecule has 0 aromatic heterocycles. The summed E-state index contributed by atoms with van der Waals surface area (Å²) in [6, 6.07) is 12.3. The van der Waals surface area contributed by atoms with Crippen LogP contribution in [0.1, 0.15) is 33.3 Å². The van der Waals surface area contributed by atoms with Gasteiger partial charge in [0, 0.05) is 22.1 Å². The maximum atomic E-state index is 13.4. The molecule has 7 nitrogen and oxygen atoms in total. The molecule has 1 N–H and O–H groups in total. The zero-order valence-electron chi connectivity index (χ0n) is 19.3. The van der Waals surface area contributed by atoms with Crippen LogP contribution in [-0.4, -0.2) is 49.5 Å². The van der Waals surface area contributed by atoms with E-state index in [2.05, 4.69) is 5.32 Å². The van der Waals surface area contributed by atoms with Gasteiger partial charge in [0.15, 0.2) is 0 Å². The summed E-state index contributed by atoms with van der Waals surface area (Å²) in [4.78, 5) is 27.7. The van der Waals surface area contributed by atoms with Crippen molar-refractivity contribution < 1.29 is 18.0 Å². The van der Waals surface area contributed by atoms with E-state index < -0.39 is 34.1 Å². The highest BCUT2D eigenvalue weighted by atomic mass is 35.5. The molecule has 0 aliphatic carbocycles. The number of nitrogens with one attached hydrogen (secondary N) is 1. The van der Waals surface area contributed by atoms with Gasteiger partial charge in [-0.1, -0.05) is 47.5 Å². The summed E-state index contributed by atoms with van der Waals surface area (Å²) < 4.78 is 26.0. The van der Waals surface area contributed by atoms with Crippen molar-refractivity contribution in [3.8, 4) is 0 Å². The summed E-state index contributed by atoms with van der Waals surface area (Å²) in [5, 5.41) is 3.63. The van der Waals surface area contributed by atoms with Gasteiger partial charge in [-0.3, -0.25) is 13.9 Å². The van der Waals surface area contributed by atoms with Crippen LogP contribution in [0.15, 0.2) is 48.5 Å². The Balaban J connectivity index is 2.42. The Kier molecular flexibility index (Phi) is 8.79. The Hall–Kier alpha value is -2.29. The summed E-state index contributed by atoms with van der Waals surface area (Å²) in [6.45, 7) is 6.63. The zero-order valence-corrected chi connectivity index (χ0v) is 21.6. The van der Waals surface area contributed by atoms with Gasteiger partial charge < -0.3 is 10.2 Å². The summed E-state index contributed by atoms with van der Waals surface area (Å²) >= 11 is 12.3. The predicted octanol–water partition coefficient (Wildman–Crippen LogP) is 4.09. The largest absolute Gasteiger partial charge is 0.350 e. The van der Waals surface area contributed by atoms with Gasteiger partial charge in [0.05, 0.1) is 11.9 Å². The molecule has 10 heteroatoms. The number of sulfonamides is 1. The highest BCUT2D eigenvalue weighted by molar-refractivity contribution is 7.92. The molecule has 0 saturated carbocycles. The fraction of sp³-hybridized carbons (Fsp3) is 0.391. The predicted molar refractivity (Wildman–Crippen MR) is 133 cm³/mol. The second-order valence-electron chi connectivity index (χ2n) is 8.78. The lowest BCUT2D eigenvalue weighted by Crippen LogP contribution is -2.54. The van der Waals surface area contributed by atoms with Crippen molar-refractivity contribution >= 4 is 50.7 Å². The van der Waals surface area contributed by atoms with Crippen LogP contribution in [0.3, 0.4) is 0 Å². The SMILES string of the molecule is C[C@H](C(=O)NC(C)(C)C)N(Cc1ccccc1Cl)C(=O)CN(c1cccc(Cl)c1)S(C)(=O)=O. The minimum atomic E-state index is -3.82. The van der Waals surface area contributed by atoms with Crippen LogP contribution in [0, 0.1) is 0 Å². The van der Waals surface area contributed by atoms with Gasteiger partial charge in [-0.25, -0.2) is 8.42 Å². The van der Waals surface area contributed by atoms with Gasteiger partial charge in [-0.05, 0) is 57.5 Å². The monoisotopic (exact) mass is 513 g/mol. The lowest BCUT2D eigenvalue weighted by molar-refractivity contribution is -0.140. The van der Waals surface area contributed by atoms with Gasteiger partial charge in [0.1, 0.15) is 12.6 Å². The molecule has 0 fully saturated rings. The average molecular weight is 514 g/mol. The Morgan fingerprint density at radius 1 is 1.06 bits per heavy atom. The number of hydrogen-bond acceptors (Lipinski definition) is 4. The first kappa shape index (κ1) is 27.0. The minimum Gasteiger partial charge on any atom is -0.350 e. The number of halogens is 2. The highest BCUT2D eigenvalue weighted by Crippen LogP contribution is 2.23. The van der Waals surface area contributed by atoms with Crippen molar-refractivity contribution in [3.05, 3.63) is 64.1 Å². The van der Waals surface area contributed by atoms with Crippen molar-refractivity contribution in [2.24, 2.45) is 0 Å². The molecule has 0 spiro atoms. The Bertz CT molecular complexity index is 1120. The molecule has 2 amide bonds. The third-order valence-corrected chi connectivity index (χ3v) is 6.48. The molecule has 0 aliphatic heterocycles. The van der Waals surface area contributed by atoms with E-state index >= 15 is 0 Å². The molecule has 0 aliphatic rings. The molecule has 0 saturated heterocycles. The molecule has 0 heterocycles. The quantitative estimate of drug-likeness (QED) is 0.575. The van der Waals surface area contributed by atoms with E-state index in [1.54, 1.807) is 49.4 Å². The fourth-order valence-electron chi connectivity index (χ4n) is 3.11. The molecule has 1 atom stereocenters. The van der Waals surface area contributed by atoms with Crippen LogP contribution >= 0.6 is 23.2 Å². The van der Waals surface area contributed by atoms with Gasteiger partial charge in [0.25, 0.3) is 0 Å². The molecular weight excluding hydrogens is 485 g/mol. The van der Waals surface area contributed by atoms with Crippen LogP contribution < -0.4 is 9.62 Å². The average Bonchev–Trinajstić information content (AvgIpc) is 2.68. The van der Waals surface area contributed by atoms with E-state index in [-0.39, 0.29) is 18.1 Å². The number of amides is 2. The fourth-order valence-corrected chi connectivity index (χ4v) is 4.33. The van der Waals surface area contributed by atoms with Crippen LogP contribution in [0.4, 0.5) is 5.69 Å². The normalized spacial score (nSPS) is 12.7. The third kappa shape index (κ3) is 7.91. The molecule has 2 aromatic rings. The van der Waals surface area contributed by atoms with Crippen LogP contribution in [0.5, 0.6) is 0 Å². The van der Waals surface area contributed by atoms with E-state index in [9.17, 15) is 18.0 Å². The number of carbonyl (C=O) groups excluding carboxylic acids is 2. The maximum Gasteiger partial charge on any atom is 0.244 e. The summed E-state index contributed by atoms with van der Waals surface area (Å²) in [6.07, 6.45) is 1.01. The van der Waals surface area contributed by atoms with E-state index in [1.807, 2.05) is 20.8 Å². The lowest BCUT2D eigenvalue weighted by atomic mass is 10.1. The molecular formula is C23H29Cl2N3O4S. The molecule has 0 unspecified atom stereocenters. The smallest absolute Gasteiger partial charge is 0.244 e. The van der Waals surface area contributed by atoms with E-state index in [1.165, 1.54) is 11.0 Å². The Morgan fingerprint density at radius 3 is 2.24 bits per heavy atom. The van der Waals surface area contributed by atoms with Crippen molar-refractivity contribution in [1.29, 1.82) is 0 Å². The summed E-state index contributed by atoms with van der Waals surface area (Å²) in [5.74, 6) is -0.923. The van der Waals surface area contributed by atoms with Crippen molar-refractivity contribution in [1.82, 2.24) is 10.2 Å². The Labute approximate surface area is 205 Å². The summed E-state index contributed by atoms with van der Waals surface area (Å²) in [5.41, 5.74) is 0.378.